The van der Waals surface area contributed by atoms with Gasteiger partial charge < -0.3 is 0 Å². The van der Waals surface area contributed by atoms with E-state index in [9.17, 15) is 33.4 Å². The van der Waals surface area contributed by atoms with Crippen LogP contribution in [-0.4, -0.2) is 43.2 Å². The van der Waals surface area contributed by atoms with Crippen LogP contribution in [0.25, 0.3) is 0 Å². The van der Waals surface area contributed by atoms with Crippen LogP contribution in [0.5, 0.6) is 0 Å². The van der Waals surface area contributed by atoms with Crippen LogP contribution in [0.1, 0.15) is 5.56 Å². The van der Waals surface area contributed by atoms with Crippen LogP contribution in [-0.2, 0) is 14.8 Å². The molecule has 0 saturated carbocycles. The molecule has 0 atom stereocenters. The van der Waals surface area contributed by atoms with Crippen molar-refractivity contribution in [2.24, 2.45) is 5.10 Å². The zero-order chi connectivity index (χ0) is 21.6. The highest BCUT2D eigenvalue weighted by molar-refractivity contribution is 7.92. The standard InChI is InChI=1S/C16H15N5O7S/c1-29(27,28)19(14-3-2-4-15(9-14)21(25)26)11-16(22)18-17-10-12-5-7-13(8-6-12)20(23)24/h2-10H,11H2,1H3,(H,18,22)/b17-10-. The van der Waals surface area contributed by atoms with Crippen molar-refractivity contribution < 1.29 is 23.1 Å². The summed E-state index contributed by atoms with van der Waals surface area (Å²) in [5, 5.41) is 25.1. The van der Waals surface area contributed by atoms with Gasteiger partial charge in [-0.15, -0.1) is 0 Å². The van der Waals surface area contributed by atoms with Gasteiger partial charge in [-0.1, -0.05) is 6.07 Å². The first kappa shape index (κ1) is 21.4. The maximum atomic E-state index is 12.1. The second-order valence-corrected chi connectivity index (χ2v) is 7.60. The van der Waals surface area contributed by atoms with E-state index in [0.29, 0.717) is 9.87 Å². The van der Waals surface area contributed by atoms with E-state index in [1.165, 1.54) is 48.7 Å². The lowest BCUT2D eigenvalue weighted by Gasteiger charge is -2.21. The molecule has 2 aromatic carbocycles. The number of nitro benzene ring substituents is 2. The Kier molecular flexibility index (Phi) is 6.56. The fraction of sp³-hybridized carbons (Fsp3) is 0.125. The summed E-state index contributed by atoms with van der Waals surface area (Å²) in [5.41, 5.74) is 2.13. The lowest BCUT2D eigenvalue weighted by Crippen LogP contribution is -2.39. The lowest BCUT2D eigenvalue weighted by atomic mass is 10.2. The highest BCUT2D eigenvalue weighted by atomic mass is 32.2. The summed E-state index contributed by atoms with van der Waals surface area (Å²) in [4.78, 5) is 32.3. The van der Waals surface area contributed by atoms with Gasteiger partial charge in [-0.25, -0.2) is 13.8 Å². The van der Waals surface area contributed by atoms with Crippen molar-refractivity contribution in [1.82, 2.24) is 5.43 Å². The second-order valence-electron chi connectivity index (χ2n) is 5.69. The van der Waals surface area contributed by atoms with Crippen LogP contribution in [0.3, 0.4) is 0 Å². The minimum Gasteiger partial charge on any atom is -0.271 e. The Balaban J connectivity index is 2.10. The average Bonchev–Trinajstić information content (AvgIpc) is 2.65. The van der Waals surface area contributed by atoms with E-state index in [1.807, 2.05) is 0 Å². The molecule has 0 bridgehead atoms. The minimum absolute atomic E-state index is 0.0452. The normalized spacial score (nSPS) is 11.2. The van der Waals surface area contributed by atoms with Gasteiger partial charge in [-0.2, -0.15) is 5.10 Å². The van der Waals surface area contributed by atoms with Crippen molar-refractivity contribution in [1.29, 1.82) is 0 Å². The molecule has 0 unspecified atom stereocenters. The van der Waals surface area contributed by atoms with E-state index in [-0.39, 0.29) is 17.1 Å². The molecule has 1 N–H and O–H groups in total. The summed E-state index contributed by atoms with van der Waals surface area (Å²) in [7, 11) is -3.91. The van der Waals surface area contributed by atoms with Gasteiger partial charge in [0.05, 0.1) is 28.0 Å². The number of hydrogen-bond acceptors (Lipinski definition) is 8. The van der Waals surface area contributed by atoms with Crippen LogP contribution < -0.4 is 9.73 Å². The molecule has 13 heteroatoms. The van der Waals surface area contributed by atoms with Crippen molar-refractivity contribution in [3.05, 3.63) is 74.3 Å². The predicted octanol–water partition coefficient (Wildman–Crippen LogP) is 1.42. The number of non-ortho nitro benzene ring substituents is 2. The first-order valence-electron chi connectivity index (χ1n) is 7.86. The Morgan fingerprint density at radius 3 is 2.28 bits per heavy atom. The van der Waals surface area contributed by atoms with Crippen molar-refractivity contribution in [3.8, 4) is 0 Å². The van der Waals surface area contributed by atoms with E-state index in [4.69, 9.17) is 0 Å². The molecule has 2 rings (SSSR count). The van der Waals surface area contributed by atoms with Gasteiger partial charge in [0.1, 0.15) is 6.54 Å². The molecule has 152 valence electrons. The number of hydrazone groups is 1. The number of carbonyl (C=O) groups excluding carboxylic acids is 1. The molecule has 0 aromatic heterocycles. The number of amides is 1. The second kappa shape index (κ2) is 8.88. The molecule has 0 heterocycles. The average molecular weight is 421 g/mol. The molecular weight excluding hydrogens is 406 g/mol. The molecule has 12 nitrogen and oxygen atoms in total. The largest absolute Gasteiger partial charge is 0.271 e. The number of benzene rings is 2. The third-order valence-electron chi connectivity index (χ3n) is 3.52. The van der Waals surface area contributed by atoms with Crippen molar-refractivity contribution >= 4 is 39.2 Å². The quantitative estimate of drug-likeness (QED) is 0.382. The van der Waals surface area contributed by atoms with E-state index in [1.54, 1.807) is 0 Å². The van der Waals surface area contributed by atoms with Gasteiger partial charge in [0.15, 0.2) is 0 Å². The summed E-state index contributed by atoms with van der Waals surface area (Å²) in [5.74, 6) is -0.792. The first-order chi connectivity index (χ1) is 13.6. The van der Waals surface area contributed by atoms with Crippen molar-refractivity contribution in [3.63, 3.8) is 0 Å². The van der Waals surface area contributed by atoms with Gasteiger partial charge in [-0.05, 0) is 23.8 Å². The fourth-order valence-electron chi connectivity index (χ4n) is 2.19. The number of hydrogen-bond donors (Lipinski definition) is 1. The maximum Gasteiger partial charge on any atom is 0.271 e. The number of nitro groups is 2. The van der Waals surface area contributed by atoms with Crippen LogP contribution in [0.2, 0.25) is 0 Å². The number of rotatable bonds is 8. The van der Waals surface area contributed by atoms with Gasteiger partial charge in [0, 0.05) is 24.3 Å². The molecule has 0 spiro atoms. The number of sulfonamides is 1. The van der Waals surface area contributed by atoms with Gasteiger partial charge >= 0.3 is 0 Å². The van der Waals surface area contributed by atoms with Crippen molar-refractivity contribution in [2.45, 2.75) is 0 Å². The monoisotopic (exact) mass is 421 g/mol. The Bertz CT molecular complexity index is 1070. The summed E-state index contributed by atoms with van der Waals surface area (Å²) in [6, 6.07) is 10.2. The smallest absolute Gasteiger partial charge is 0.271 e. The van der Waals surface area contributed by atoms with Crippen molar-refractivity contribution in [2.75, 3.05) is 17.1 Å². The van der Waals surface area contributed by atoms with Gasteiger partial charge in [-0.3, -0.25) is 29.3 Å². The highest BCUT2D eigenvalue weighted by Crippen LogP contribution is 2.22. The summed E-state index contributed by atoms with van der Waals surface area (Å²) < 4.78 is 24.7. The van der Waals surface area contributed by atoms with Gasteiger partial charge in [0.2, 0.25) is 10.0 Å². The van der Waals surface area contributed by atoms with Crippen LogP contribution >= 0.6 is 0 Å². The number of nitrogens with one attached hydrogen (secondary N) is 1. The van der Waals surface area contributed by atoms with Crippen LogP contribution in [0, 0.1) is 20.2 Å². The molecule has 0 radical (unpaired) electrons. The summed E-state index contributed by atoms with van der Waals surface area (Å²) in [6.45, 7) is -0.655. The Morgan fingerprint density at radius 2 is 1.72 bits per heavy atom. The fourth-order valence-corrected chi connectivity index (χ4v) is 3.04. The van der Waals surface area contributed by atoms with Gasteiger partial charge in [0.25, 0.3) is 17.3 Å². The third-order valence-corrected chi connectivity index (χ3v) is 4.66. The predicted molar refractivity (Wildman–Crippen MR) is 104 cm³/mol. The topological polar surface area (TPSA) is 165 Å². The Labute approximate surface area is 164 Å². The molecule has 0 fully saturated rings. The molecule has 2 aromatic rings. The Morgan fingerprint density at radius 1 is 1.10 bits per heavy atom. The molecule has 0 saturated heterocycles. The number of nitrogens with zero attached hydrogens (tertiary/aromatic N) is 4. The SMILES string of the molecule is CS(=O)(=O)N(CC(=O)N/N=C\c1ccc([N+](=O)[O-])cc1)c1cccc([N+](=O)[O-])c1. The molecule has 29 heavy (non-hydrogen) atoms. The first-order valence-corrected chi connectivity index (χ1v) is 9.71. The Hall–Kier alpha value is -3.87. The van der Waals surface area contributed by atoms with Crippen LogP contribution in [0.4, 0.5) is 17.1 Å². The van der Waals surface area contributed by atoms with E-state index >= 15 is 0 Å². The third kappa shape index (κ3) is 6.07. The summed E-state index contributed by atoms with van der Waals surface area (Å²) >= 11 is 0. The molecular formula is C16H15N5O7S. The zero-order valence-corrected chi connectivity index (χ0v) is 15.8. The molecule has 1 amide bonds. The number of anilines is 1. The minimum atomic E-state index is -3.91. The van der Waals surface area contributed by atoms with E-state index < -0.39 is 32.3 Å². The summed E-state index contributed by atoms with van der Waals surface area (Å²) in [6.07, 6.45) is 2.08. The van der Waals surface area contributed by atoms with E-state index in [0.717, 1.165) is 12.3 Å². The lowest BCUT2D eigenvalue weighted by molar-refractivity contribution is -0.385. The highest BCUT2D eigenvalue weighted by Gasteiger charge is 2.22. The van der Waals surface area contributed by atoms with E-state index in [2.05, 4.69) is 10.5 Å². The van der Waals surface area contributed by atoms with Crippen LogP contribution in [0.15, 0.2) is 53.6 Å². The molecule has 0 aliphatic rings. The zero-order valence-electron chi connectivity index (χ0n) is 15.0. The molecule has 0 aliphatic heterocycles. The maximum absolute atomic E-state index is 12.1. The molecule has 0 aliphatic carbocycles. The number of carbonyl (C=O) groups is 1.